The average Bonchev–Trinajstić information content (AvgIpc) is 3.44. The van der Waals surface area contributed by atoms with E-state index in [2.05, 4.69) is 26.3 Å². The molecule has 10 heteroatoms. The number of H-pyrrole nitrogens is 1. The number of aromatic nitrogens is 3. The van der Waals surface area contributed by atoms with Crippen molar-refractivity contribution in [2.75, 3.05) is 31.1 Å². The zero-order chi connectivity index (χ0) is 27.4. The highest BCUT2D eigenvalue weighted by Crippen LogP contribution is 2.37. The highest BCUT2D eigenvalue weighted by molar-refractivity contribution is 6.30. The Morgan fingerprint density at radius 2 is 1.95 bits per heavy atom. The van der Waals surface area contributed by atoms with Crippen molar-refractivity contribution in [1.29, 1.82) is 5.26 Å². The molecule has 0 unspecified atom stereocenters. The highest BCUT2D eigenvalue weighted by Gasteiger charge is 2.38. The molecule has 2 aromatic heterocycles. The molecule has 0 atom stereocenters. The van der Waals surface area contributed by atoms with Crippen molar-refractivity contribution in [2.24, 2.45) is 0 Å². The number of benzene rings is 2. The minimum atomic E-state index is -0.668. The smallest absolute Gasteiger partial charge is 0.253 e. The highest BCUT2D eigenvalue weighted by atomic mass is 35.5. The van der Waals surface area contributed by atoms with E-state index in [0.29, 0.717) is 61.1 Å². The monoisotopic (exact) mass is 541 g/mol. The van der Waals surface area contributed by atoms with Crippen LogP contribution < -0.4 is 10.2 Å². The zero-order valence-electron chi connectivity index (χ0n) is 21.5. The first kappa shape index (κ1) is 26.2. The first-order valence-electron chi connectivity index (χ1n) is 12.8. The van der Waals surface area contributed by atoms with Crippen molar-refractivity contribution in [3.63, 3.8) is 0 Å². The molecule has 4 aromatic rings. The van der Waals surface area contributed by atoms with Gasteiger partial charge in [0.25, 0.3) is 5.91 Å². The Labute approximate surface area is 231 Å². The van der Waals surface area contributed by atoms with Crippen molar-refractivity contribution in [2.45, 2.75) is 25.2 Å². The van der Waals surface area contributed by atoms with Crippen LogP contribution in [0.3, 0.4) is 0 Å². The molecule has 1 aliphatic heterocycles. The maximum atomic E-state index is 13.6. The predicted molar refractivity (Wildman–Crippen MR) is 150 cm³/mol. The number of carbonyl (C=O) groups excluding carboxylic acids is 2. The van der Waals surface area contributed by atoms with Gasteiger partial charge < -0.3 is 20.1 Å². The molecule has 0 spiro atoms. The SMILES string of the molecule is CC(=O)NCCN(c1cccc(C(=O)N2CCC(C#N)(c3cccc(Cl)c3)CC2)c1)c1ncnc2[nH]ccc12. The fraction of sp³-hybridized carbons (Fsp3) is 0.276. The van der Waals surface area contributed by atoms with Gasteiger partial charge in [0.2, 0.25) is 5.91 Å². The van der Waals surface area contributed by atoms with E-state index < -0.39 is 5.41 Å². The van der Waals surface area contributed by atoms with E-state index in [4.69, 9.17) is 11.6 Å². The lowest BCUT2D eigenvalue weighted by Crippen LogP contribution is -2.44. The lowest BCUT2D eigenvalue weighted by atomic mass is 9.74. The molecule has 1 fully saturated rings. The molecule has 198 valence electrons. The van der Waals surface area contributed by atoms with Crippen LogP contribution in [0.25, 0.3) is 11.0 Å². The molecule has 3 heterocycles. The van der Waals surface area contributed by atoms with Gasteiger partial charge in [-0.1, -0.05) is 29.8 Å². The van der Waals surface area contributed by atoms with Crippen LogP contribution in [0.2, 0.25) is 5.02 Å². The quantitative estimate of drug-likeness (QED) is 0.353. The van der Waals surface area contributed by atoms with E-state index in [0.717, 1.165) is 16.6 Å². The number of hydrogen-bond acceptors (Lipinski definition) is 6. The van der Waals surface area contributed by atoms with Crippen molar-refractivity contribution in [3.8, 4) is 6.07 Å². The summed E-state index contributed by atoms with van der Waals surface area (Å²) in [7, 11) is 0. The third kappa shape index (κ3) is 5.42. The number of piperidine rings is 1. The number of likely N-dealkylation sites (tertiary alicyclic amines) is 1. The Morgan fingerprint density at radius 3 is 2.69 bits per heavy atom. The number of nitrogens with zero attached hydrogens (tertiary/aromatic N) is 5. The Balaban J connectivity index is 1.39. The largest absolute Gasteiger partial charge is 0.355 e. The molecule has 39 heavy (non-hydrogen) atoms. The summed E-state index contributed by atoms with van der Waals surface area (Å²) in [6.07, 6.45) is 4.36. The minimum absolute atomic E-state index is 0.0919. The molecule has 9 nitrogen and oxygen atoms in total. The van der Waals surface area contributed by atoms with Gasteiger partial charge in [-0.05, 0) is 54.8 Å². The van der Waals surface area contributed by atoms with Crippen molar-refractivity contribution in [3.05, 3.63) is 83.3 Å². The number of amides is 2. The number of anilines is 2. The van der Waals surface area contributed by atoms with Crippen LogP contribution in [0.1, 0.15) is 35.7 Å². The average molecular weight is 542 g/mol. The zero-order valence-corrected chi connectivity index (χ0v) is 22.3. The normalized spacial score (nSPS) is 14.5. The number of nitriles is 1. The summed E-state index contributed by atoms with van der Waals surface area (Å²) in [5, 5.41) is 14.3. The topological polar surface area (TPSA) is 118 Å². The van der Waals surface area contributed by atoms with Crippen LogP contribution in [-0.2, 0) is 10.2 Å². The number of hydrogen-bond donors (Lipinski definition) is 2. The van der Waals surface area contributed by atoms with Gasteiger partial charge in [-0.25, -0.2) is 9.97 Å². The van der Waals surface area contributed by atoms with Gasteiger partial charge in [0.05, 0.1) is 16.9 Å². The second-order valence-corrected chi connectivity index (χ2v) is 10.1. The van der Waals surface area contributed by atoms with Crippen LogP contribution in [0.15, 0.2) is 67.1 Å². The van der Waals surface area contributed by atoms with Gasteiger partial charge >= 0.3 is 0 Å². The second-order valence-electron chi connectivity index (χ2n) is 9.62. The van der Waals surface area contributed by atoms with Gasteiger partial charge in [0.1, 0.15) is 17.8 Å². The fourth-order valence-corrected chi connectivity index (χ4v) is 5.30. The predicted octanol–water partition coefficient (Wildman–Crippen LogP) is 4.58. The molecule has 5 rings (SSSR count). The number of nitrogens with one attached hydrogen (secondary N) is 2. The first-order chi connectivity index (χ1) is 18.9. The summed E-state index contributed by atoms with van der Waals surface area (Å²) in [6.45, 7) is 3.25. The Hall–Kier alpha value is -4.42. The standard InChI is InChI=1S/C29H28ClN7O2/c1-20(38)32-12-15-37(27-25-8-11-33-26(25)34-19-35-27)24-7-2-4-21(16-24)28(39)36-13-9-29(18-31,10-14-36)22-5-3-6-23(30)17-22/h2-8,11,16-17,19H,9-10,12-15H2,1H3,(H,32,38)(H,33,34,35). The van der Waals surface area contributed by atoms with E-state index in [-0.39, 0.29) is 11.8 Å². The van der Waals surface area contributed by atoms with E-state index in [1.165, 1.54) is 13.3 Å². The van der Waals surface area contributed by atoms with Gasteiger partial charge in [-0.3, -0.25) is 9.59 Å². The van der Waals surface area contributed by atoms with Crippen LogP contribution in [-0.4, -0.2) is 57.8 Å². The number of aromatic amines is 1. The summed E-state index contributed by atoms with van der Waals surface area (Å²) in [4.78, 5) is 40.8. The fourth-order valence-electron chi connectivity index (χ4n) is 5.11. The maximum Gasteiger partial charge on any atom is 0.253 e. The van der Waals surface area contributed by atoms with E-state index >= 15 is 0 Å². The van der Waals surface area contributed by atoms with Crippen LogP contribution in [0, 0.1) is 11.3 Å². The van der Waals surface area contributed by atoms with Crippen LogP contribution in [0.4, 0.5) is 11.5 Å². The van der Waals surface area contributed by atoms with E-state index in [1.54, 1.807) is 23.2 Å². The molecule has 1 aliphatic rings. The Kier molecular flexibility index (Phi) is 7.48. The summed E-state index contributed by atoms with van der Waals surface area (Å²) in [5.74, 6) is 0.463. The molecule has 2 aromatic carbocycles. The molecule has 2 N–H and O–H groups in total. The lowest BCUT2D eigenvalue weighted by Gasteiger charge is -2.37. The number of carbonyl (C=O) groups is 2. The van der Waals surface area contributed by atoms with Crippen molar-refractivity contribution in [1.82, 2.24) is 25.2 Å². The molecular weight excluding hydrogens is 514 g/mol. The third-order valence-corrected chi connectivity index (χ3v) is 7.43. The van der Waals surface area contributed by atoms with E-state index in [1.807, 2.05) is 47.4 Å². The van der Waals surface area contributed by atoms with Gasteiger partial charge in [0.15, 0.2) is 0 Å². The molecule has 0 aliphatic carbocycles. The summed E-state index contributed by atoms with van der Waals surface area (Å²) >= 11 is 6.19. The number of rotatable bonds is 7. The molecule has 2 amide bonds. The summed E-state index contributed by atoms with van der Waals surface area (Å²) < 4.78 is 0. The molecule has 1 saturated heterocycles. The van der Waals surface area contributed by atoms with Gasteiger partial charge in [0, 0.05) is 55.6 Å². The Bertz CT molecular complexity index is 1550. The van der Waals surface area contributed by atoms with Crippen molar-refractivity contribution >= 4 is 46.0 Å². The molecular formula is C29H28ClN7O2. The third-order valence-electron chi connectivity index (χ3n) is 7.20. The number of fused-ring (bicyclic) bond motifs is 1. The first-order valence-corrected chi connectivity index (χ1v) is 13.1. The lowest BCUT2D eigenvalue weighted by molar-refractivity contribution is -0.118. The molecule has 0 saturated carbocycles. The van der Waals surface area contributed by atoms with Gasteiger partial charge in [-0.15, -0.1) is 0 Å². The Morgan fingerprint density at radius 1 is 1.15 bits per heavy atom. The van der Waals surface area contributed by atoms with E-state index in [9.17, 15) is 14.9 Å². The minimum Gasteiger partial charge on any atom is -0.355 e. The van der Waals surface area contributed by atoms with Gasteiger partial charge in [-0.2, -0.15) is 5.26 Å². The number of halogens is 1. The summed E-state index contributed by atoms with van der Waals surface area (Å²) in [6, 6.07) is 19.2. The van der Waals surface area contributed by atoms with Crippen LogP contribution in [0.5, 0.6) is 0 Å². The maximum absolute atomic E-state index is 13.6. The summed E-state index contributed by atoms with van der Waals surface area (Å²) in [5.41, 5.74) is 2.24. The van der Waals surface area contributed by atoms with Crippen LogP contribution >= 0.6 is 11.6 Å². The molecule has 0 bridgehead atoms. The second kappa shape index (κ2) is 11.1. The molecule has 0 radical (unpaired) electrons. The van der Waals surface area contributed by atoms with Crippen molar-refractivity contribution < 1.29 is 9.59 Å².